The topological polar surface area (TPSA) is 75.2 Å². The van der Waals surface area contributed by atoms with Crippen LogP contribution in [0.2, 0.25) is 0 Å². The van der Waals surface area contributed by atoms with Gasteiger partial charge in [0.15, 0.2) is 0 Å². The number of benzene rings is 1. The Balaban J connectivity index is 1.67. The summed E-state index contributed by atoms with van der Waals surface area (Å²) in [6.07, 6.45) is 11.7. The average molecular weight is 406 g/mol. The van der Waals surface area contributed by atoms with Crippen molar-refractivity contribution in [1.29, 1.82) is 0 Å². The average Bonchev–Trinajstić information content (AvgIpc) is 3.50. The van der Waals surface area contributed by atoms with E-state index in [0.29, 0.717) is 0 Å². The Bertz CT molecular complexity index is 1520. The molecule has 0 spiro atoms. The van der Waals surface area contributed by atoms with Gasteiger partial charge in [-0.3, -0.25) is 14.8 Å². The number of hydrogen-bond donors (Lipinski definition) is 2. The number of aryl methyl sites for hydroxylation is 1. The molecule has 2 N–H and O–H groups in total. The Labute approximate surface area is 179 Å². The standard InChI is InChI=1S/C25H22N6/c1-4-17(19-14-27-31(3)15-19)12-21-16(2)29-30-25(21)24-13-22-20(6-5-7-23(22)28-24)18-8-10-26-11-9-18/h4-15,28-29H,2H2,1,3H3/b17-4+,21-12+. The summed E-state index contributed by atoms with van der Waals surface area (Å²) in [6, 6.07) is 12.5. The van der Waals surface area contributed by atoms with Crippen molar-refractivity contribution < 1.29 is 0 Å². The van der Waals surface area contributed by atoms with Crippen LogP contribution >= 0.6 is 0 Å². The molecule has 0 aliphatic carbocycles. The van der Waals surface area contributed by atoms with Crippen LogP contribution in [0.15, 0.2) is 67.3 Å². The number of fused-ring (bicyclic) bond motifs is 1. The van der Waals surface area contributed by atoms with E-state index in [2.05, 4.69) is 68.3 Å². The molecule has 0 aliphatic heterocycles. The third-order valence-electron chi connectivity index (χ3n) is 5.44. The first-order valence-electron chi connectivity index (χ1n) is 10.1. The molecular formula is C25H22N6. The molecule has 0 atom stereocenters. The molecule has 5 rings (SSSR count). The molecule has 0 bridgehead atoms. The van der Waals surface area contributed by atoms with Crippen molar-refractivity contribution in [2.75, 3.05) is 0 Å². The third kappa shape index (κ3) is 3.38. The van der Waals surface area contributed by atoms with E-state index in [9.17, 15) is 0 Å². The molecular weight excluding hydrogens is 384 g/mol. The summed E-state index contributed by atoms with van der Waals surface area (Å²) in [4.78, 5) is 7.67. The number of nitrogens with one attached hydrogen (secondary N) is 2. The Kier molecular flexibility index (Phi) is 4.59. The van der Waals surface area contributed by atoms with Gasteiger partial charge in [0.05, 0.1) is 17.2 Å². The molecule has 4 aromatic heterocycles. The van der Waals surface area contributed by atoms with Gasteiger partial charge in [0.25, 0.3) is 0 Å². The molecule has 0 fully saturated rings. The SMILES string of the molecule is C=c1[nH]nc(-c2cc3c(-c4ccncc4)cccc3[nH]2)/c1=C/C(=C\C)c1cnn(C)c1. The molecule has 0 amide bonds. The largest absolute Gasteiger partial charge is 0.353 e. The van der Waals surface area contributed by atoms with E-state index in [1.54, 1.807) is 4.68 Å². The molecule has 6 heteroatoms. The van der Waals surface area contributed by atoms with E-state index in [-0.39, 0.29) is 0 Å². The highest BCUT2D eigenvalue weighted by molar-refractivity contribution is 5.98. The summed E-state index contributed by atoms with van der Waals surface area (Å²) in [5.41, 5.74) is 7.24. The summed E-state index contributed by atoms with van der Waals surface area (Å²) in [5.74, 6) is 0. The van der Waals surface area contributed by atoms with E-state index in [1.165, 1.54) is 0 Å². The van der Waals surface area contributed by atoms with Crippen molar-refractivity contribution in [1.82, 2.24) is 29.9 Å². The first kappa shape index (κ1) is 18.8. The fourth-order valence-corrected chi connectivity index (χ4v) is 3.87. The lowest BCUT2D eigenvalue weighted by Gasteiger charge is -2.02. The lowest BCUT2D eigenvalue weighted by atomic mass is 10.0. The van der Waals surface area contributed by atoms with Gasteiger partial charge in [0, 0.05) is 47.3 Å². The molecule has 0 radical (unpaired) electrons. The molecule has 31 heavy (non-hydrogen) atoms. The van der Waals surface area contributed by atoms with Crippen LogP contribution < -0.4 is 10.6 Å². The highest BCUT2D eigenvalue weighted by Crippen LogP contribution is 2.30. The number of aromatic amines is 2. The quantitative estimate of drug-likeness (QED) is 0.478. The van der Waals surface area contributed by atoms with Gasteiger partial charge in [-0.05, 0) is 54.0 Å². The monoisotopic (exact) mass is 406 g/mol. The van der Waals surface area contributed by atoms with Crippen molar-refractivity contribution >= 4 is 29.1 Å². The highest BCUT2D eigenvalue weighted by atomic mass is 15.2. The number of hydrogen-bond acceptors (Lipinski definition) is 3. The number of pyridine rings is 1. The van der Waals surface area contributed by atoms with E-state index in [4.69, 9.17) is 0 Å². The molecule has 6 nitrogen and oxygen atoms in total. The fourth-order valence-electron chi connectivity index (χ4n) is 3.87. The second kappa shape index (κ2) is 7.57. The normalized spacial score (nSPS) is 12.7. The first-order chi connectivity index (χ1) is 15.1. The van der Waals surface area contributed by atoms with Crippen LogP contribution in [0.4, 0.5) is 0 Å². The fraction of sp³-hybridized carbons (Fsp3) is 0.0800. The van der Waals surface area contributed by atoms with E-state index < -0.39 is 0 Å². The molecule has 0 unspecified atom stereocenters. The van der Waals surface area contributed by atoms with Crippen molar-refractivity contribution in [2.24, 2.45) is 7.05 Å². The van der Waals surface area contributed by atoms with E-state index in [0.717, 1.165) is 55.1 Å². The van der Waals surface area contributed by atoms with Crippen LogP contribution in [-0.4, -0.2) is 29.9 Å². The lowest BCUT2D eigenvalue weighted by molar-refractivity contribution is 0.767. The van der Waals surface area contributed by atoms with Gasteiger partial charge in [0.2, 0.25) is 0 Å². The van der Waals surface area contributed by atoms with Gasteiger partial charge in [-0.1, -0.05) is 24.8 Å². The Morgan fingerprint density at radius 3 is 2.74 bits per heavy atom. The molecule has 0 aliphatic rings. The van der Waals surface area contributed by atoms with Gasteiger partial charge in [-0.2, -0.15) is 10.2 Å². The predicted octanol–water partition coefficient (Wildman–Crippen LogP) is 3.65. The van der Waals surface area contributed by atoms with Crippen molar-refractivity contribution in [3.05, 3.63) is 83.4 Å². The molecule has 152 valence electrons. The van der Waals surface area contributed by atoms with Crippen LogP contribution in [0.25, 0.3) is 51.6 Å². The second-order valence-electron chi connectivity index (χ2n) is 7.44. The molecule has 0 saturated carbocycles. The van der Waals surface area contributed by atoms with Gasteiger partial charge in [-0.15, -0.1) is 0 Å². The van der Waals surface area contributed by atoms with Crippen molar-refractivity contribution in [2.45, 2.75) is 6.92 Å². The minimum atomic E-state index is 0.770. The van der Waals surface area contributed by atoms with Crippen LogP contribution in [0.1, 0.15) is 12.5 Å². The van der Waals surface area contributed by atoms with E-state index >= 15 is 0 Å². The van der Waals surface area contributed by atoms with Crippen molar-refractivity contribution in [3.8, 4) is 22.5 Å². The van der Waals surface area contributed by atoms with E-state index in [1.807, 2.05) is 50.9 Å². The predicted molar refractivity (Wildman–Crippen MR) is 125 cm³/mol. The van der Waals surface area contributed by atoms with Crippen LogP contribution in [-0.2, 0) is 7.05 Å². The maximum atomic E-state index is 4.56. The number of allylic oxidation sites excluding steroid dienone is 2. The maximum Gasteiger partial charge on any atom is 0.116 e. The summed E-state index contributed by atoms with van der Waals surface area (Å²) >= 11 is 0. The Morgan fingerprint density at radius 1 is 1.16 bits per heavy atom. The molecule has 0 saturated heterocycles. The van der Waals surface area contributed by atoms with Gasteiger partial charge in [-0.25, -0.2) is 0 Å². The Morgan fingerprint density at radius 2 is 2.00 bits per heavy atom. The zero-order valence-corrected chi connectivity index (χ0v) is 17.4. The Hall–Kier alpha value is -4.19. The zero-order valence-electron chi connectivity index (χ0n) is 17.4. The van der Waals surface area contributed by atoms with Crippen LogP contribution in [0.5, 0.6) is 0 Å². The van der Waals surface area contributed by atoms with Crippen molar-refractivity contribution in [3.63, 3.8) is 0 Å². The molecule has 4 heterocycles. The third-order valence-corrected chi connectivity index (χ3v) is 5.44. The van der Waals surface area contributed by atoms with Gasteiger partial charge in [0.1, 0.15) is 5.69 Å². The van der Waals surface area contributed by atoms with Crippen LogP contribution in [0.3, 0.4) is 0 Å². The summed E-state index contributed by atoms with van der Waals surface area (Å²) in [6.45, 7) is 6.17. The number of nitrogens with zero attached hydrogens (tertiary/aromatic N) is 4. The minimum Gasteiger partial charge on any atom is -0.353 e. The number of rotatable bonds is 4. The minimum absolute atomic E-state index is 0.770. The summed E-state index contributed by atoms with van der Waals surface area (Å²) in [5, 5.41) is 14.8. The summed E-state index contributed by atoms with van der Waals surface area (Å²) in [7, 11) is 1.91. The molecule has 5 aromatic rings. The number of aromatic nitrogens is 6. The van der Waals surface area contributed by atoms with Crippen LogP contribution in [0, 0.1) is 0 Å². The first-order valence-corrected chi connectivity index (χ1v) is 10.1. The smallest absolute Gasteiger partial charge is 0.116 e. The van der Waals surface area contributed by atoms with Gasteiger partial charge < -0.3 is 4.98 Å². The summed E-state index contributed by atoms with van der Waals surface area (Å²) < 4.78 is 1.80. The zero-order chi connectivity index (χ0) is 21.4. The number of H-pyrrole nitrogens is 2. The van der Waals surface area contributed by atoms with Gasteiger partial charge >= 0.3 is 0 Å². The second-order valence-corrected chi connectivity index (χ2v) is 7.44. The highest BCUT2D eigenvalue weighted by Gasteiger charge is 2.12. The molecule has 1 aromatic carbocycles. The maximum absolute atomic E-state index is 4.56. The lowest BCUT2D eigenvalue weighted by Crippen LogP contribution is -2.22.